The number of pyridine rings is 1. The molecular formula is C12H17BrN4. The first-order chi connectivity index (χ1) is 8.08. The fourth-order valence-electron chi connectivity index (χ4n) is 1.79. The first-order valence-electron chi connectivity index (χ1n) is 5.79. The maximum atomic E-state index is 7.31. The molecule has 1 aromatic rings. The van der Waals surface area contributed by atoms with Crippen LogP contribution in [0.15, 0.2) is 16.7 Å². The number of anilines is 1. The molecule has 0 spiro atoms. The van der Waals surface area contributed by atoms with E-state index in [4.69, 9.17) is 11.1 Å². The van der Waals surface area contributed by atoms with Crippen LogP contribution in [0.2, 0.25) is 0 Å². The molecule has 0 saturated heterocycles. The highest BCUT2D eigenvalue weighted by Crippen LogP contribution is 2.31. The molecule has 1 aliphatic carbocycles. The molecule has 0 aliphatic heterocycles. The maximum Gasteiger partial charge on any atom is 0.129 e. The molecule has 0 amide bonds. The molecule has 5 heteroatoms. The molecule has 0 atom stereocenters. The van der Waals surface area contributed by atoms with E-state index in [0.717, 1.165) is 16.8 Å². The summed E-state index contributed by atoms with van der Waals surface area (Å²) in [6.07, 6.45) is 4.88. The average Bonchev–Trinajstić information content (AvgIpc) is 3.07. The van der Waals surface area contributed by atoms with Crippen LogP contribution < -0.4 is 10.6 Å². The summed E-state index contributed by atoms with van der Waals surface area (Å²) in [7, 11) is 0. The van der Waals surface area contributed by atoms with Gasteiger partial charge in [-0.3, -0.25) is 5.41 Å². The van der Waals surface area contributed by atoms with Crippen molar-refractivity contribution in [1.29, 1.82) is 5.41 Å². The second kappa shape index (κ2) is 5.04. The molecule has 1 aromatic heterocycles. The number of halogens is 1. The normalized spacial score (nSPS) is 14.7. The molecule has 1 saturated carbocycles. The number of nitrogens with zero attached hydrogens (tertiary/aromatic N) is 2. The van der Waals surface area contributed by atoms with Gasteiger partial charge in [0.25, 0.3) is 0 Å². The Hall–Kier alpha value is -1.10. The Morgan fingerprint density at radius 1 is 1.65 bits per heavy atom. The van der Waals surface area contributed by atoms with Crippen molar-refractivity contribution >= 4 is 27.6 Å². The topological polar surface area (TPSA) is 66.0 Å². The Morgan fingerprint density at radius 3 is 2.88 bits per heavy atom. The van der Waals surface area contributed by atoms with Gasteiger partial charge in [0.15, 0.2) is 0 Å². The monoisotopic (exact) mass is 296 g/mol. The SMILES string of the molecule is Cc1cc(N(CCC(=N)N)C2CC2)ncc1Br. The van der Waals surface area contributed by atoms with Crippen molar-refractivity contribution in [2.24, 2.45) is 5.73 Å². The molecule has 92 valence electrons. The summed E-state index contributed by atoms with van der Waals surface area (Å²) in [4.78, 5) is 6.71. The first kappa shape index (κ1) is 12.4. The molecule has 4 nitrogen and oxygen atoms in total. The van der Waals surface area contributed by atoms with Crippen molar-refractivity contribution < 1.29 is 0 Å². The number of nitrogens with two attached hydrogens (primary N) is 1. The summed E-state index contributed by atoms with van der Waals surface area (Å²) in [6, 6.07) is 2.67. The second-order valence-corrected chi connectivity index (χ2v) is 5.35. The molecule has 1 fully saturated rings. The van der Waals surface area contributed by atoms with Crippen LogP contribution in [0.3, 0.4) is 0 Å². The van der Waals surface area contributed by atoms with Crippen LogP contribution in [0.4, 0.5) is 5.82 Å². The molecule has 1 aliphatic rings. The summed E-state index contributed by atoms with van der Waals surface area (Å²) in [5.41, 5.74) is 6.61. The summed E-state index contributed by atoms with van der Waals surface area (Å²) >= 11 is 3.46. The zero-order valence-corrected chi connectivity index (χ0v) is 11.5. The minimum Gasteiger partial charge on any atom is -0.388 e. The van der Waals surface area contributed by atoms with Gasteiger partial charge in [-0.05, 0) is 47.3 Å². The number of rotatable bonds is 5. The van der Waals surface area contributed by atoms with E-state index in [-0.39, 0.29) is 5.84 Å². The molecular weight excluding hydrogens is 280 g/mol. The van der Waals surface area contributed by atoms with Gasteiger partial charge in [-0.1, -0.05) is 0 Å². The van der Waals surface area contributed by atoms with Gasteiger partial charge in [0.05, 0.1) is 5.84 Å². The number of nitrogens with one attached hydrogen (secondary N) is 1. The zero-order valence-electron chi connectivity index (χ0n) is 9.91. The van der Waals surface area contributed by atoms with E-state index in [9.17, 15) is 0 Å². The standard InChI is InChI=1S/C12H17BrN4/c1-8-6-12(16-7-10(8)13)17(9-2-3-9)5-4-11(14)15/h6-7,9H,2-5H2,1H3,(H3,14,15). The van der Waals surface area contributed by atoms with Crippen LogP contribution in [-0.4, -0.2) is 23.4 Å². The molecule has 2 rings (SSSR count). The third kappa shape index (κ3) is 3.19. The summed E-state index contributed by atoms with van der Waals surface area (Å²) in [5, 5.41) is 7.31. The summed E-state index contributed by atoms with van der Waals surface area (Å²) < 4.78 is 1.03. The summed E-state index contributed by atoms with van der Waals surface area (Å²) in [6.45, 7) is 2.85. The first-order valence-corrected chi connectivity index (χ1v) is 6.59. The highest BCUT2D eigenvalue weighted by molar-refractivity contribution is 9.10. The van der Waals surface area contributed by atoms with Gasteiger partial charge in [-0.15, -0.1) is 0 Å². The van der Waals surface area contributed by atoms with E-state index in [1.54, 1.807) is 0 Å². The smallest absolute Gasteiger partial charge is 0.129 e. The second-order valence-electron chi connectivity index (χ2n) is 4.49. The molecule has 0 bridgehead atoms. The van der Waals surface area contributed by atoms with Crippen molar-refractivity contribution in [3.63, 3.8) is 0 Å². The molecule has 0 aromatic carbocycles. The largest absolute Gasteiger partial charge is 0.388 e. The van der Waals surface area contributed by atoms with Gasteiger partial charge >= 0.3 is 0 Å². The highest BCUT2D eigenvalue weighted by Gasteiger charge is 2.29. The van der Waals surface area contributed by atoms with Gasteiger partial charge in [0.1, 0.15) is 5.82 Å². The van der Waals surface area contributed by atoms with Gasteiger partial charge in [-0.2, -0.15) is 0 Å². The average molecular weight is 297 g/mol. The zero-order chi connectivity index (χ0) is 12.4. The lowest BCUT2D eigenvalue weighted by atomic mass is 10.2. The van der Waals surface area contributed by atoms with Crippen molar-refractivity contribution in [2.75, 3.05) is 11.4 Å². The van der Waals surface area contributed by atoms with E-state index in [1.807, 2.05) is 6.20 Å². The van der Waals surface area contributed by atoms with Crippen LogP contribution in [0.1, 0.15) is 24.8 Å². The molecule has 0 radical (unpaired) electrons. The predicted octanol–water partition coefficient (Wildman–Crippen LogP) is 2.45. The number of aryl methyl sites for hydroxylation is 1. The lowest BCUT2D eigenvalue weighted by Crippen LogP contribution is -2.30. The van der Waals surface area contributed by atoms with Crippen molar-refractivity contribution in [2.45, 2.75) is 32.2 Å². The summed E-state index contributed by atoms with van der Waals surface area (Å²) in [5.74, 6) is 1.24. The fraction of sp³-hybridized carbons (Fsp3) is 0.500. The Bertz CT molecular complexity index is 429. The van der Waals surface area contributed by atoms with Crippen LogP contribution in [0.25, 0.3) is 0 Å². The minimum atomic E-state index is 0.240. The van der Waals surface area contributed by atoms with Crippen molar-refractivity contribution in [3.8, 4) is 0 Å². The van der Waals surface area contributed by atoms with Crippen LogP contribution >= 0.6 is 15.9 Å². The Kier molecular flexibility index (Phi) is 3.66. The third-order valence-corrected chi connectivity index (χ3v) is 3.77. The number of hydrogen-bond donors (Lipinski definition) is 2. The van der Waals surface area contributed by atoms with E-state index in [2.05, 4.69) is 38.8 Å². The number of amidine groups is 1. The van der Waals surface area contributed by atoms with Crippen LogP contribution in [-0.2, 0) is 0 Å². The van der Waals surface area contributed by atoms with Crippen LogP contribution in [0, 0.1) is 12.3 Å². The minimum absolute atomic E-state index is 0.240. The Morgan fingerprint density at radius 2 is 2.35 bits per heavy atom. The number of hydrogen-bond acceptors (Lipinski definition) is 3. The quantitative estimate of drug-likeness (QED) is 0.648. The van der Waals surface area contributed by atoms with Crippen molar-refractivity contribution in [3.05, 3.63) is 22.3 Å². The maximum absolute atomic E-state index is 7.31. The lowest BCUT2D eigenvalue weighted by molar-refractivity contribution is 0.780. The van der Waals surface area contributed by atoms with Gasteiger partial charge < -0.3 is 10.6 Å². The van der Waals surface area contributed by atoms with Gasteiger partial charge in [-0.25, -0.2) is 4.98 Å². The predicted molar refractivity (Wildman–Crippen MR) is 73.6 cm³/mol. The van der Waals surface area contributed by atoms with E-state index in [0.29, 0.717) is 12.5 Å². The molecule has 1 heterocycles. The molecule has 3 N–H and O–H groups in total. The van der Waals surface area contributed by atoms with Crippen molar-refractivity contribution in [1.82, 2.24) is 4.98 Å². The lowest BCUT2D eigenvalue weighted by Gasteiger charge is -2.23. The Balaban J connectivity index is 2.14. The molecule has 0 unspecified atom stereocenters. The Labute approximate surface area is 110 Å². The van der Waals surface area contributed by atoms with Gasteiger partial charge in [0.2, 0.25) is 0 Å². The fourth-order valence-corrected chi connectivity index (χ4v) is 2.01. The molecule has 17 heavy (non-hydrogen) atoms. The third-order valence-electron chi connectivity index (χ3n) is 2.94. The van der Waals surface area contributed by atoms with Crippen LogP contribution in [0.5, 0.6) is 0 Å². The van der Waals surface area contributed by atoms with E-state index < -0.39 is 0 Å². The van der Waals surface area contributed by atoms with E-state index in [1.165, 1.54) is 18.4 Å². The number of aromatic nitrogens is 1. The highest BCUT2D eigenvalue weighted by atomic mass is 79.9. The van der Waals surface area contributed by atoms with E-state index >= 15 is 0 Å². The van der Waals surface area contributed by atoms with Gasteiger partial charge in [0, 0.05) is 29.7 Å².